The molecule has 0 aliphatic carbocycles. The van der Waals surface area contributed by atoms with Gasteiger partial charge in [0.15, 0.2) is 11.9 Å². The van der Waals surface area contributed by atoms with Gasteiger partial charge < -0.3 is 14.5 Å². The van der Waals surface area contributed by atoms with E-state index in [1.807, 2.05) is 20.8 Å². The number of nitrogens with zero attached hydrogens (tertiary/aromatic N) is 1. The summed E-state index contributed by atoms with van der Waals surface area (Å²) in [5.41, 5.74) is 1.05. The second-order valence-electron chi connectivity index (χ2n) is 5.89. The van der Waals surface area contributed by atoms with Crippen LogP contribution in [0.15, 0.2) is 29.1 Å². The van der Waals surface area contributed by atoms with E-state index in [0.29, 0.717) is 34.0 Å². The first kappa shape index (κ1) is 18.1. The Kier molecular flexibility index (Phi) is 5.08. The van der Waals surface area contributed by atoms with Crippen LogP contribution >= 0.6 is 11.3 Å². The van der Waals surface area contributed by atoms with Gasteiger partial charge >= 0.3 is 5.97 Å². The lowest BCUT2D eigenvalue weighted by Crippen LogP contribution is -2.17. The van der Waals surface area contributed by atoms with Gasteiger partial charge in [0.1, 0.15) is 16.1 Å². The molecule has 3 aromatic rings. The van der Waals surface area contributed by atoms with Crippen molar-refractivity contribution < 1.29 is 14.3 Å². The molecule has 26 heavy (non-hydrogen) atoms. The summed E-state index contributed by atoms with van der Waals surface area (Å²) in [6.07, 6.45) is -0.697. The standard InChI is InChI=1S/C19H20N2O4S/c1-5-24-14-9-7-6-8-13(14)19(23)25-11(3)16-20-17(22)15-10(2)12(4)26-18(15)21-16/h6-9,11H,5H2,1-4H3,(H,20,21,22)/t11-/m1/s1. The molecular weight excluding hydrogens is 352 g/mol. The van der Waals surface area contributed by atoms with Gasteiger partial charge in [0.05, 0.1) is 12.0 Å². The van der Waals surface area contributed by atoms with Gasteiger partial charge in [0, 0.05) is 4.88 Å². The molecule has 6 nitrogen and oxygen atoms in total. The van der Waals surface area contributed by atoms with Crippen LogP contribution in [0, 0.1) is 13.8 Å². The number of thiophene rings is 1. The molecule has 0 bridgehead atoms. The zero-order valence-electron chi connectivity index (χ0n) is 15.1. The van der Waals surface area contributed by atoms with Crippen molar-refractivity contribution in [3.8, 4) is 5.75 Å². The van der Waals surface area contributed by atoms with Crippen LogP contribution in [0.5, 0.6) is 5.75 Å². The number of para-hydroxylation sites is 1. The van der Waals surface area contributed by atoms with E-state index in [0.717, 1.165) is 10.4 Å². The third kappa shape index (κ3) is 3.35. The third-order valence-electron chi connectivity index (χ3n) is 4.13. The quantitative estimate of drug-likeness (QED) is 0.687. The summed E-state index contributed by atoms with van der Waals surface area (Å²) >= 11 is 1.46. The zero-order chi connectivity index (χ0) is 18.8. The van der Waals surface area contributed by atoms with Crippen LogP contribution < -0.4 is 10.3 Å². The summed E-state index contributed by atoms with van der Waals surface area (Å²) in [4.78, 5) is 33.8. The van der Waals surface area contributed by atoms with Gasteiger partial charge in [-0.15, -0.1) is 11.3 Å². The van der Waals surface area contributed by atoms with Crippen LogP contribution in [0.2, 0.25) is 0 Å². The fourth-order valence-corrected chi connectivity index (χ4v) is 3.70. The highest BCUT2D eigenvalue weighted by atomic mass is 32.1. The molecule has 0 aliphatic rings. The Morgan fingerprint density at radius 3 is 2.77 bits per heavy atom. The topological polar surface area (TPSA) is 81.3 Å². The third-order valence-corrected chi connectivity index (χ3v) is 5.23. The number of aryl methyl sites for hydroxylation is 2. The maximum absolute atomic E-state index is 12.5. The van der Waals surface area contributed by atoms with E-state index in [4.69, 9.17) is 9.47 Å². The summed E-state index contributed by atoms with van der Waals surface area (Å²) in [6.45, 7) is 7.83. The molecule has 2 heterocycles. The van der Waals surface area contributed by atoms with E-state index in [2.05, 4.69) is 9.97 Å². The first-order chi connectivity index (χ1) is 12.4. The number of carbonyl (C=O) groups excluding carboxylic acids is 1. The lowest BCUT2D eigenvalue weighted by molar-refractivity contribution is 0.0316. The van der Waals surface area contributed by atoms with Crippen molar-refractivity contribution in [2.45, 2.75) is 33.8 Å². The minimum absolute atomic E-state index is 0.218. The largest absolute Gasteiger partial charge is 0.493 e. The Morgan fingerprint density at radius 1 is 1.31 bits per heavy atom. The number of ether oxygens (including phenoxy) is 2. The van der Waals surface area contributed by atoms with Gasteiger partial charge in [0.25, 0.3) is 5.56 Å². The molecule has 0 fully saturated rings. The van der Waals surface area contributed by atoms with E-state index in [1.165, 1.54) is 11.3 Å². The van der Waals surface area contributed by atoms with Gasteiger partial charge in [-0.25, -0.2) is 9.78 Å². The fraction of sp³-hybridized carbons (Fsp3) is 0.316. The smallest absolute Gasteiger partial charge is 0.342 e. The molecule has 0 saturated carbocycles. The summed E-state index contributed by atoms with van der Waals surface area (Å²) in [5.74, 6) is 0.266. The van der Waals surface area contributed by atoms with Crippen molar-refractivity contribution >= 4 is 27.5 Å². The Hall–Kier alpha value is -2.67. The second-order valence-corrected chi connectivity index (χ2v) is 7.09. The highest BCUT2D eigenvalue weighted by Crippen LogP contribution is 2.27. The molecule has 0 spiro atoms. The Balaban J connectivity index is 1.89. The number of esters is 1. The lowest BCUT2D eigenvalue weighted by Gasteiger charge is -2.14. The van der Waals surface area contributed by atoms with E-state index in [-0.39, 0.29) is 5.56 Å². The number of hydrogen-bond donors (Lipinski definition) is 1. The Labute approximate surface area is 154 Å². The number of benzene rings is 1. The first-order valence-electron chi connectivity index (χ1n) is 8.35. The van der Waals surface area contributed by atoms with Crippen molar-refractivity contribution in [3.05, 3.63) is 56.4 Å². The molecule has 136 valence electrons. The van der Waals surface area contributed by atoms with Crippen LogP contribution in [0.25, 0.3) is 10.2 Å². The second kappa shape index (κ2) is 7.29. The monoisotopic (exact) mass is 372 g/mol. The molecule has 3 rings (SSSR count). The van der Waals surface area contributed by atoms with Crippen LogP contribution in [0.3, 0.4) is 0 Å². The predicted molar refractivity (Wildman–Crippen MR) is 101 cm³/mol. The molecule has 1 atom stereocenters. The average molecular weight is 372 g/mol. The summed E-state index contributed by atoms with van der Waals surface area (Å²) in [6, 6.07) is 6.90. The molecular formula is C19H20N2O4S. The first-order valence-corrected chi connectivity index (χ1v) is 9.16. The minimum atomic E-state index is -0.697. The van der Waals surface area contributed by atoms with Crippen LogP contribution in [0.4, 0.5) is 0 Å². The van der Waals surface area contributed by atoms with Crippen molar-refractivity contribution in [3.63, 3.8) is 0 Å². The Bertz CT molecular complexity index is 1020. The van der Waals surface area contributed by atoms with E-state index in [1.54, 1.807) is 31.2 Å². The van der Waals surface area contributed by atoms with E-state index < -0.39 is 12.1 Å². The van der Waals surface area contributed by atoms with Crippen LogP contribution in [-0.2, 0) is 4.74 Å². The number of carbonyl (C=O) groups is 1. The molecule has 1 N–H and O–H groups in total. The molecule has 0 radical (unpaired) electrons. The van der Waals surface area contributed by atoms with Crippen molar-refractivity contribution in [1.82, 2.24) is 9.97 Å². The van der Waals surface area contributed by atoms with Gasteiger partial charge in [-0.2, -0.15) is 0 Å². The molecule has 0 unspecified atom stereocenters. The number of H-pyrrole nitrogens is 1. The number of nitrogens with one attached hydrogen (secondary N) is 1. The van der Waals surface area contributed by atoms with Crippen molar-refractivity contribution in [2.24, 2.45) is 0 Å². The molecule has 1 aromatic carbocycles. The van der Waals surface area contributed by atoms with E-state index in [9.17, 15) is 9.59 Å². The summed E-state index contributed by atoms with van der Waals surface area (Å²) in [5, 5.41) is 0.594. The zero-order valence-corrected chi connectivity index (χ0v) is 15.9. The normalized spacial score (nSPS) is 12.2. The number of fused-ring (bicyclic) bond motifs is 1. The molecule has 2 aromatic heterocycles. The van der Waals surface area contributed by atoms with Gasteiger partial charge in [-0.1, -0.05) is 12.1 Å². The number of hydrogen-bond acceptors (Lipinski definition) is 6. The van der Waals surface area contributed by atoms with Crippen molar-refractivity contribution in [1.29, 1.82) is 0 Å². The predicted octanol–water partition coefficient (Wildman–Crippen LogP) is 3.92. The maximum Gasteiger partial charge on any atom is 0.342 e. The molecule has 7 heteroatoms. The SMILES string of the molecule is CCOc1ccccc1C(=O)O[C@H](C)c1nc2sc(C)c(C)c2c(=O)[nH]1. The van der Waals surface area contributed by atoms with Crippen LogP contribution in [-0.4, -0.2) is 22.5 Å². The highest BCUT2D eigenvalue weighted by Gasteiger charge is 2.21. The maximum atomic E-state index is 12.5. The molecule has 0 amide bonds. The fourth-order valence-electron chi connectivity index (χ4n) is 2.66. The Morgan fingerprint density at radius 2 is 2.04 bits per heavy atom. The molecule has 0 saturated heterocycles. The van der Waals surface area contributed by atoms with E-state index >= 15 is 0 Å². The van der Waals surface area contributed by atoms with Crippen LogP contribution in [0.1, 0.15) is 46.6 Å². The summed E-state index contributed by atoms with van der Waals surface area (Å²) in [7, 11) is 0. The summed E-state index contributed by atoms with van der Waals surface area (Å²) < 4.78 is 11.0. The van der Waals surface area contributed by atoms with Gasteiger partial charge in [0.2, 0.25) is 0 Å². The number of aromatic nitrogens is 2. The average Bonchev–Trinajstić information content (AvgIpc) is 2.90. The number of aromatic amines is 1. The molecule has 0 aliphatic heterocycles. The lowest BCUT2D eigenvalue weighted by atomic mass is 10.2. The highest BCUT2D eigenvalue weighted by molar-refractivity contribution is 7.18. The number of rotatable bonds is 5. The van der Waals surface area contributed by atoms with Gasteiger partial charge in [-0.3, -0.25) is 4.79 Å². The van der Waals surface area contributed by atoms with Crippen molar-refractivity contribution in [2.75, 3.05) is 6.61 Å². The van der Waals surface area contributed by atoms with Gasteiger partial charge in [-0.05, 0) is 45.4 Å². The minimum Gasteiger partial charge on any atom is -0.493 e.